The normalized spacial score (nSPS) is 23.7. The van der Waals surface area contributed by atoms with Crippen molar-refractivity contribution in [2.75, 3.05) is 29.5 Å². The molecule has 2 aromatic rings. The molecule has 2 atom stereocenters. The molecule has 4 rings (SSSR count). The number of carbonyl (C=O) groups is 1. The number of benzene rings is 2. The summed E-state index contributed by atoms with van der Waals surface area (Å²) in [7, 11) is -7.04. The van der Waals surface area contributed by atoms with Gasteiger partial charge in [-0.05, 0) is 48.4 Å². The minimum atomic E-state index is -3.76. The molecular weight excluding hydrogens is 462 g/mol. The van der Waals surface area contributed by atoms with E-state index in [1.165, 1.54) is 12.1 Å². The van der Waals surface area contributed by atoms with E-state index in [2.05, 4.69) is 0 Å². The molecule has 2 heterocycles. The lowest BCUT2D eigenvalue weighted by molar-refractivity contribution is -0.123. The second kappa shape index (κ2) is 8.18. The molecule has 0 aliphatic carbocycles. The Balaban J connectivity index is 1.53. The Morgan fingerprint density at radius 1 is 1.00 bits per heavy atom. The monoisotopic (exact) mass is 483 g/mol. The van der Waals surface area contributed by atoms with Gasteiger partial charge in [0, 0.05) is 23.3 Å². The van der Waals surface area contributed by atoms with Crippen LogP contribution in [0.1, 0.15) is 5.56 Å². The van der Waals surface area contributed by atoms with Crippen LogP contribution in [0, 0.1) is 0 Å². The second-order valence-corrected chi connectivity index (χ2v) is 12.0. The molecule has 0 saturated carbocycles. The van der Waals surface area contributed by atoms with E-state index in [0.29, 0.717) is 23.7 Å². The minimum absolute atomic E-state index is 0.000604. The number of carbonyl (C=O) groups excluding carboxylic acids is 1. The molecular formula is C20H22ClN3O5S2. The van der Waals surface area contributed by atoms with E-state index in [-0.39, 0.29) is 34.9 Å². The zero-order chi connectivity index (χ0) is 22.4. The number of nitrogens with zero attached hydrogens (tertiary/aromatic N) is 2. The average molecular weight is 484 g/mol. The summed E-state index contributed by atoms with van der Waals surface area (Å²) in [5.41, 5.74) is 1.51. The van der Waals surface area contributed by atoms with Gasteiger partial charge in [-0.25, -0.2) is 22.0 Å². The Morgan fingerprint density at radius 3 is 2.23 bits per heavy atom. The van der Waals surface area contributed by atoms with E-state index in [9.17, 15) is 21.6 Å². The molecule has 0 spiro atoms. The van der Waals surface area contributed by atoms with Crippen molar-refractivity contribution in [1.82, 2.24) is 4.90 Å². The van der Waals surface area contributed by atoms with Crippen LogP contribution >= 0.6 is 11.6 Å². The van der Waals surface area contributed by atoms with Crippen molar-refractivity contribution in [2.45, 2.75) is 23.4 Å². The SMILES string of the molecule is NS(=O)(=O)c1ccc(CCN2CC(=O)N(c3ccc(Cl)cc3)[C@H]3CS(=O)(=O)C[C@H]32)cc1. The van der Waals surface area contributed by atoms with Gasteiger partial charge in [0.15, 0.2) is 9.84 Å². The Hall–Kier alpha value is -1.98. The predicted molar refractivity (Wildman–Crippen MR) is 118 cm³/mol. The smallest absolute Gasteiger partial charge is 0.241 e. The number of sulfonamides is 1. The van der Waals surface area contributed by atoms with Gasteiger partial charge < -0.3 is 4.90 Å². The Labute approximate surface area is 186 Å². The fraction of sp³-hybridized carbons (Fsp3) is 0.350. The lowest BCUT2D eigenvalue weighted by Gasteiger charge is -2.43. The fourth-order valence-corrected chi connectivity index (χ4v) is 6.88. The van der Waals surface area contributed by atoms with Gasteiger partial charge in [0.1, 0.15) is 0 Å². The lowest BCUT2D eigenvalue weighted by atomic mass is 10.0. The third-order valence-corrected chi connectivity index (χ3v) is 8.63. The number of hydrogen-bond donors (Lipinski definition) is 1. The standard InChI is InChI=1S/C20H22ClN3O5S2/c21-15-3-5-16(6-4-15)24-19-13-30(26,27)12-18(19)23(11-20(24)25)10-9-14-1-7-17(8-2-14)31(22,28)29/h1-8,18-19H,9-13H2,(H2,22,28,29)/t18-,19+/m1/s1. The topological polar surface area (TPSA) is 118 Å². The van der Waals surface area contributed by atoms with Gasteiger partial charge in [-0.15, -0.1) is 0 Å². The number of halogens is 1. The summed E-state index contributed by atoms with van der Waals surface area (Å²) in [6.07, 6.45) is 0.544. The molecule has 0 aromatic heterocycles. The summed E-state index contributed by atoms with van der Waals surface area (Å²) in [6.45, 7) is 0.584. The van der Waals surface area contributed by atoms with Gasteiger partial charge in [-0.2, -0.15) is 0 Å². The van der Waals surface area contributed by atoms with Crippen LogP contribution in [0.2, 0.25) is 5.02 Å². The first-order valence-corrected chi connectivity index (χ1v) is 13.4. The van der Waals surface area contributed by atoms with Crippen molar-refractivity contribution in [3.05, 3.63) is 59.1 Å². The number of anilines is 1. The van der Waals surface area contributed by atoms with Gasteiger partial charge in [0.05, 0.1) is 29.0 Å². The predicted octanol–water partition coefficient (Wildman–Crippen LogP) is 1.04. The molecule has 2 aliphatic heterocycles. The van der Waals surface area contributed by atoms with E-state index in [4.69, 9.17) is 16.7 Å². The summed E-state index contributed by atoms with van der Waals surface area (Å²) in [4.78, 5) is 16.5. The molecule has 1 amide bonds. The maximum absolute atomic E-state index is 13.0. The van der Waals surface area contributed by atoms with Gasteiger partial charge >= 0.3 is 0 Å². The highest BCUT2D eigenvalue weighted by Crippen LogP contribution is 2.32. The molecule has 166 valence electrons. The van der Waals surface area contributed by atoms with Crippen LogP contribution in [0.3, 0.4) is 0 Å². The number of sulfone groups is 1. The summed E-state index contributed by atoms with van der Waals surface area (Å²) in [6, 6.07) is 12.3. The number of primary sulfonamides is 1. The molecule has 11 heteroatoms. The summed E-state index contributed by atoms with van der Waals surface area (Å²) < 4.78 is 47.7. The second-order valence-electron chi connectivity index (χ2n) is 7.86. The van der Waals surface area contributed by atoms with Gasteiger partial charge in [0.2, 0.25) is 15.9 Å². The highest BCUT2D eigenvalue weighted by Gasteiger charge is 2.49. The summed E-state index contributed by atoms with van der Waals surface area (Å²) in [5.74, 6) is -0.240. The van der Waals surface area contributed by atoms with Crippen LogP contribution in [-0.4, -0.2) is 64.3 Å². The summed E-state index contributed by atoms with van der Waals surface area (Å²) in [5, 5.41) is 5.66. The van der Waals surface area contributed by atoms with Crippen molar-refractivity contribution in [3.8, 4) is 0 Å². The number of amides is 1. The maximum atomic E-state index is 13.0. The Bertz CT molecular complexity index is 1200. The highest BCUT2D eigenvalue weighted by molar-refractivity contribution is 7.91. The quantitative estimate of drug-likeness (QED) is 0.679. The molecule has 2 fully saturated rings. The molecule has 0 radical (unpaired) electrons. The third kappa shape index (κ3) is 4.78. The lowest BCUT2D eigenvalue weighted by Crippen LogP contribution is -2.62. The van der Waals surface area contributed by atoms with Gasteiger partial charge in [-0.3, -0.25) is 9.69 Å². The molecule has 2 N–H and O–H groups in total. The Morgan fingerprint density at radius 2 is 1.61 bits per heavy atom. The van der Waals surface area contributed by atoms with E-state index in [1.807, 2.05) is 4.90 Å². The molecule has 2 aromatic carbocycles. The van der Waals surface area contributed by atoms with Crippen molar-refractivity contribution in [2.24, 2.45) is 5.14 Å². The van der Waals surface area contributed by atoms with Gasteiger partial charge in [0.25, 0.3) is 0 Å². The Kier molecular flexibility index (Phi) is 5.86. The number of nitrogens with two attached hydrogens (primary N) is 1. The number of hydrogen-bond acceptors (Lipinski definition) is 6. The molecule has 31 heavy (non-hydrogen) atoms. The first kappa shape index (κ1) is 22.2. The molecule has 2 saturated heterocycles. The molecule has 0 bridgehead atoms. The van der Waals surface area contributed by atoms with E-state index in [1.54, 1.807) is 41.3 Å². The van der Waals surface area contributed by atoms with Crippen LogP contribution in [-0.2, 0) is 31.1 Å². The zero-order valence-electron chi connectivity index (χ0n) is 16.5. The van der Waals surface area contributed by atoms with Crippen molar-refractivity contribution >= 4 is 43.1 Å². The molecule has 0 unspecified atom stereocenters. The van der Waals surface area contributed by atoms with Crippen LogP contribution in [0.25, 0.3) is 0 Å². The largest absolute Gasteiger partial charge is 0.306 e. The van der Waals surface area contributed by atoms with Crippen molar-refractivity contribution in [3.63, 3.8) is 0 Å². The van der Waals surface area contributed by atoms with E-state index in [0.717, 1.165) is 5.56 Å². The zero-order valence-corrected chi connectivity index (χ0v) is 18.9. The van der Waals surface area contributed by atoms with Crippen molar-refractivity contribution < 1.29 is 21.6 Å². The minimum Gasteiger partial charge on any atom is -0.306 e. The maximum Gasteiger partial charge on any atom is 0.241 e. The van der Waals surface area contributed by atoms with Crippen LogP contribution in [0.4, 0.5) is 5.69 Å². The van der Waals surface area contributed by atoms with E-state index >= 15 is 0 Å². The van der Waals surface area contributed by atoms with Crippen molar-refractivity contribution in [1.29, 1.82) is 0 Å². The van der Waals surface area contributed by atoms with E-state index < -0.39 is 25.9 Å². The summed E-state index contributed by atoms with van der Waals surface area (Å²) >= 11 is 5.95. The third-order valence-electron chi connectivity index (χ3n) is 5.75. The van der Waals surface area contributed by atoms with Gasteiger partial charge in [-0.1, -0.05) is 23.7 Å². The number of fused-ring (bicyclic) bond motifs is 1. The fourth-order valence-electron chi connectivity index (χ4n) is 4.26. The van der Waals surface area contributed by atoms with Crippen LogP contribution < -0.4 is 10.0 Å². The number of rotatable bonds is 5. The average Bonchev–Trinajstić information content (AvgIpc) is 3.02. The van der Waals surface area contributed by atoms with Crippen LogP contribution in [0.5, 0.6) is 0 Å². The highest BCUT2D eigenvalue weighted by atomic mass is 35.5. The first-order chi connectivity index (χ1) is 14.5. The molecule has 8 nitrogen and oxygen atoms in total. The molecule has 2 aliphatic rings. The van der Waals surface area contributed by atoms with Crippen LogP contribution in [0.15, 0.2) is 53.4 Å². The number of piperazine rings is 1. The first-order valence-electron chi connectivity index (χ1n) is 9.67.